The van der Waals surface area contributed by atoms with Gasteiger partial charge in [-0.25, -0.2) is 0 Å². The van der Waals surface area contributed by atoms with E-state index >= 15 is 0 Å². The number of carbonyl (C=O) groups is 1. The van der Waals surface area contributed by atoms with Crippen LogP contribution in [0, 0.1) is 0 Å². The Morgan fingerprint density at radius 1 is 1.25 bits per heavy atom. The molecule has 6 heteroatoms. The van der Waals surface area contributed by atoms with E-state index in [2.05, 4.69) is 5.73 Å². The second-order valence-electron chi connectivity index (χ2n) is 2.47. The van der Waals surface area contributed by atoms with Crippen LogP contribution in [0.5, 0.6) is 0 Å². The molecule has 3 unspecified atom stereocenters. The van der Waals surface area contributed by atoms with Crippen molar-refractivity contribution >= 4 is 5.91 Å². The first-order chi connectivity index (χ1) is 5.49. The van der Waals surface area contributed by atoms with Gasteiger partial charge in [-0.05, 0) is 0 Å². The Hall–Kier alpha value is -0.690. The lowest BCUT2D eigenvalue weighted by Crippen LogP contribution is -2.37. The molecular formula is C6H13NO5. The van der Waals surface area contributed by atoms with E-state index in [4.69, 9.17) is 20.4 Å². The van der Waals surface area contributed by atoms with Crippen LogP contribution in [-0.2, 0) is 4.79 Å². The molecule has 0 aliphatic heterocycles. The van der Waals surface area contributed by atoms with Crippen LogP contribution in [0.15, 0.2) is 0 Å². The first-order valence-electron chi connectivity index (χ1n) is 3.43. The fourth-order valence-corrected chi connectivity index (χ4v) is 0.624. The highest BCUT2D eigenvalue weighted by Crippen LogP contribution is 2.02. The van der Waals surface area contributed by atoms with E-state index in [0.717, 1.165) is 0 Å². The van der Waals surface area contributed by atoms with Gasteiger partial charge in [-0.3, -0.25) is 4.79 Å². The van der Waals surface area contributed by atoms with Gasteiger partial charge >= 0.3 is 0 Å². The van der Waals surface area contributed by atoms with Crippen LogP contribution in [0.1, 0.15) is 6.42 Å². The number of carbonyl (C=O) groups excluding carboxylic acids is 1. The number of rotatable bonds is 5. The van der Waals surface area contributed by atoms with Crippen molar-refractivity contribution in [1.29, 1.82) is 0 Å². The van der Waals surface area contributed by atoms with Crippen molar-refractivity contribution in [2.75, 3.05) is 6.61 Å². The molecule has 6 N–H and O–H groups in total. The predicted octanol–water partition coefficient (Wildman–Crippen LogP) is -3.06. The van der Waals surface area contributed by atoms with E-state index in [1.807, 2.05) is 0 Å². The van der Waals surface area contributed by atoms with Gasteiger partial charge in [-0.2, -0.15) is 0 Å². The summed E-state index contributed by atoms with van der Waals surface area (Å²) in [7, 11) is 0. The highest BCUT2D eigenvalue weighted by atomic mass is 16.4. The van der Waals surface area contributed by atoms with Gasteiger partial charge in [-0.15, -0.1) is 0 Å². The normalized spacial score (nSPS) is 18.3. The van der Waals surface area contributed by atoms with E-state index in [1.165, 1.54) is 0 Å². The number of amides is 1. The average Bonchev–Trinajstić information content (AvgIpc) is 2.02. The third-order valence-corrected chi connectivity index (χ3v) is 1.42. The Kier molecular flexibility index (Phi) is 4.75. The van der Waals surface area contributed by atoms with E-state index in [-0.39, 0.29) is 6.42 Å². The molecule has 0 bridgehead atoms. The molecule has 0 rings (SSSR count). The zero-order chi connectivity index (χ0) is 9.72. The van der Waals surface area contributed by atoms with Gasteiger partial charge < -0.3 is 26.2 Å². The fourth-order valence-electron chi connectivity index (χ4n) is 0.624. The van der Waals surface area contributed by atoms with Crippen molar-refractivity contribution < 1.29 is 25.2 Å². The maximum atomic E-state index is 10.3. The molecule has 0 spiro atoms. The minimum absolute atomic E-state index is 0.378. The predicted molar refractivity (Wildman–Crippen MR) is 38.9 cm³/mol. The van der Waals surface area contributed by atoms with Crippen molar-refractivity contribution in [2.45, 2.75) is 24.7 Å². The van der Waals surface area contributed by atoms with Gasteiger partial charge in [0.1, 0.15) is 12.2 Å². The maximum Gasteiger partial charge on any atom is 0.246 e. The molecule has 1 amide bonds. The van der Waals surface area contributed by atoms with Crippen LogP contribution in [-0.4, -0.2) is 51.3 Å². The third-order valence-electron chi connectivity index (χ3n) is 1.42. The average molecular weight is 179 g/mol. The Morgan fingerprint density at radius 2 is 1.75 bits per heavy atom. The summed E-state index contributed by atoms with van der Waals surface area (Å²) in [5, 5.41) is 34.9. The van der Waals surface area contributed by atoms with Crippen LogP contribution in [0.2, 0.25) is 0 Å². The number of primary amides is 1. The zero-order valence-electron chi connectivity index (χ0n) is 6.42. The SMILES string of the molecule is NC(=O)C(O)CC(O)C(O)CO. The molecule has 0 radical (unpaired) electrons. The minimum atomic E-state index is -1.50. The molecular weight excluding hydrogens is 166 g/mol. The molecule has 0 aromatic rings. The van der Waals surface area contributed by atoms with Crippen LogP contribution in [0.4, 0.5) is 0 Å². The summed E-state index contributed by atoms with van der Waals surface area (Å²) in [5.41, 5.74) is 4.68. The van der Waals surface area contributed by atoms with Gasteiger partial charge in [0, 0.05) is 6.42 Å². The lowest BCUT2D eigenvalue weighted by atomic mass is 10.1. The second kappa shape index (κ2) is 5.04. The zero-order valence-corrected chi connectivity index (χ0v) is 6.42. The van der Waals surface area contributed by atoms with Gasteiger partial charge in [0.05, 0.1) is 12.7 Å². The van der Waals surface area contributed by atoms with Gasteiger partial charge in [0.25, 0.3) is 0 Å². The van der Waals surface area contributed by atoms with Crippen molar-refractivity contribution in [3.63, 3.8) is 0 Å². The van der Waals surface area contributed by atoms with Gasteiger partial charge in [0.15, 0.2) is 0 Å². The van der Waals surface area contributed by atoms with Gasteiger partial charge in [-0.1, -0.05) is 0 Å². The first kappa shape index (κ1) is 11.3. The maximum absolute atomic E-state index is 10.3. The summed E-state index contributed by atoms with van der Waals surface area (Å²) < 4.78 is 0. The lowest BCUT2D eigenvalue weighted by molar-refractivity contribution is -0.129. The summed E-state index contributed by atoms with van der Waals surface area (Å²) in [6, 6.07) is 0. The summed E-state index contributed by atoms with van der Waals surface area (Å²) in [6.07, 6.45) is -4.59. The van der Waals surface area contributed by atoms with Crippen molar-refractivity contribution in [2.24, 2.45) is 5.73 Å². The number of nitrogens with two attached hydrogens (primary N) is 1. The molecule has 0 fully saturated rings. The fraction of sp³-hybridized carbons (Fsp3) is 0.833. The second-order valence-corrected chi connectivity index (χ2v) is 2.47. The smallest absolute Gasteiger partial charge is 0.246 e. The third kappa shape index (κ3) is 3.63. The molecule has 6 nitrogen and oxygen atoms in total. The van der Waals surface area contributed by atoms with Crippen molar-refractivity contribution in [1.82, 2.24) is 0 Å². The molecule has 0 aliphatic carbocycles. The molecule has 0 aliphatic rings. The molecule has 3 atom stereocenters. The molecule has 0 saturated carbocycles. The van der Waals surface area contributed by atoms with Crippen LogP contribution in [0.25, 0.3) is 0 Å². The minimum Gasteiger partial charge on any atom is -0.394 e. The number of hydrogen-bond acceptors (Lipinski definition) is 5. The number of hydrogen-bond donors (Lipinski definition) is 5. The van der Waals surface area contributed by atoms with E-state index in [1.54, 1.807) is 0 Å². The van der Waals surface area contributed by atoms with Crippen molar-refractivity contribution in [3.05, 3.63) is 0 Å². The largest absolute Gasteiger partial charge is 0.394 e. The Bertz CT molecular complexity index is 151. The highest BCUT2D eigenvalue weighted by molar-refractivity contribution is 5.78. The quantitative estimate of drug-likeness (QED) is 0.306. The van der Waals surface area contributed by atoms with Crippen molar-refractivity contribution in [3.8, 4) is 0 Å². The highest BCUT2D eigenvalue weighted by Gasteiger charge is 2.21. The monoisotopic (exact) mass is 179 g/mol. The topological polar surface area (TPSA) is 124 Å². The standard InChI is InChI=1S/C6H13NO5/c7-6(12)4(10)1-3(9)5(11)2-8/h3-5,8-11H,1-2H2,(H2,7,12). The van der Waals surface area contributed by atoms with Crippen LogP contribution < -0.4 is 5.73 Å². The lowest BCUT2D eigenvalue weighted by Gasteiger charge is -2.16. The van der Waals surface area contributed by atoms with Crippen LogP contribution >= 0.6 is 0 Å². The molecule has 0 saturated heterocycles. The molecule has 72 valence electrons. The van der Waals surface area contributed by atoms with E-state index < -0.39 is 30.8 Å². The van der Waals surface area contributed by atoms with Crippen LogP contribution in [0.3, 0.4) is 0 Å². The Labute approximate surface area is 69.2 Å². The molecule has 0 heterocycles. The number of aliphatic hydroxyl groups excluding tert-OH is 4. The van der Waals surface area contributed by atoms with Gasteiger partial charge in [0.2, 0.25) is 5.91 Å². The Balaban J connectivity index is 3.83. The number of aliphatic hydroxyl groups is 4. The first-order valence-corrected chi connectivity index (χ1v) is 3.43. The summed E-state index contributed by atoms with van der Waals surface area (Å²) in [6.45, 7) is -0.632. The molecule has 12 heavy (non-hydrogen) atoms. The Morgan fingerprint density at radius 3 is 2.08 bits per heavy atom. The van der Waals surface area contributed by atoms with E-state index in [9.17, 15) is 4.79 Å². The summed E-state index contributed by atoms with van der Waals surface area (Å²) in [4.78, 5) is 10.3. The summed E-state index contributed by atoms with van der Waals surface area (Å²) >= 11 is 0. The molecule has 0 aromatic heterocycles. The van der Waals surface area contributed by atoms with E-state index in [0.29, 0.717) is 0 Å². The molecule has 0 aromatic carbocycles. The summed E-state index contributed by atoms with van der Waals surface area (Å²) in [5.74, 6) is -0.973.